The number of fused-ring (bicyclic) bond motifs is 3. The van der Waals surface area contributed by atoms with Gasteiger partial charge in [-0.2, -0.15) is 0 Å². The summed E-state index contributed by atoms with van der Waals surface area (Å²) in [6, 6.07) is 4.17. The molecule has 0 aromatic heterocycles. The van der Waals surface area contributed by atoms with Gasteiger partial charge in [0.25, 0.3) is 0 Å². The average molecular weight is 622 g/mol. The SMILES string of the molecule is CCCCNC1CC(OC2CC(O)(C(C)O)Cc3c(O)c4c(c(O)c32)C(=O)c2c(OC)cccc2C4=O)OC(C)C1O.Cl. The van der Waals surface area contributed by atoms with Crippen LogP contribution in [0.1, 0.15) is 95.5 Å². The molecule has 0 spiro atoms. The van der Waals surface area contributed by atoms with Crippen LogP contribution in [-0.2, 0) is 15.9 Å². The summed E-state index contributed by atoms with van der Waals surface area (Å²) in [4.78, 5) is 27.4. The molecule has 7 atom stereocenters. The van der Waals surface area contributed by atoms with Crippen LogP contribution in [0.5, 0.6) is 17.2 Å². The molecule has 2 aromatic rings. The standard InChI is InChI=1S/C31H39NO10.ClH/c1-5-6-10-32-18-11-21(41-14(2)26(18)34)42-20-13-31(39,15(3)33)12-17-23(20)30(38)25-24(28(17)36)27(35)16-8-7-9-19(40-4)22(16)29(25)37;/h7-9,14-15,18,20-21,26,32-34,36,38-39H,5-6,10-13H2,1-4H3;1H. The van der Waals surface area contributed by atoms with Gasteiger partial charge in [-0.1, -0.05) is 25.5 Å². The van der Waals surface area contributed by atoms with E-state index in [9.17, 15) is 35.1 Å². The maximum absolute atomic E-state index is 13.8. The molecule has 12 heteroatoms. The van der Waals surface area contributed by atoms with E-state index in [2.05, 4.69) is 12.2 Å². The highest BCUT2D eigenvalue weighted by atomic mass is 35.5. The minimum atomic E-state index is -1.79. The Labute approximate surface area is 256 Å². The summed E-state index contributed by atoms with van der Waals surface area (Å²) in [5.41, 5.74) is -2.53. The van der Waals surface area contributed by atoms with Gasteiger partial charge >= 0.3 is 0 Å². The Morgan fingerprint density at radius 1 is 1.14 bits per heavy atom. The second kappa shape index (κ2) is 12.7. The Bertz CT molecular complexity index is 1400. The number of unbranched alkanes of at least 4 members (excludes halogenated alkanes) is 1. The topological polar surface area (TPSA) is 175 Å². The molecule has 1 heterocycles. The van der Waals surface area contributed by atoms with Crippen molar-refractivity contribution in [2.75, 3.05) is 13.7 Å². The van der Waals surface area contributed by atoms with Gasteiger partial charge in [0, 0.05) is 42.0 Å². The number of phenols is 2. The van der Waals surface area contributed by atoms with Gasteiger partial charge in [0.05, 0.1) is 53.8 Å². The number of ketones is 2. The predicted molar refractivity (Wildman–Crippen MR) is 157 cm³/mol. The summed E-state index contributed by atoms with van der Waals surface area (Å²) >= 11 is 0. The predicted octanol–water partition coefficient (Wildman–Crippen LogP) is 2.67. The Morgan fingerprint density at radius 3 is 2.49 bits per heavy atom. The Morgan fingerprint density at radius 2 is 1.84 bits per heavy atom. The van der Waals surface area contributed by atoms with Crippen molar-refractivity contribution in [3.8, 4) is 17.2 Å². The molecule has 0 radical (unpaired) electrons. The number of hydrogen-bond acceptors (Lipinski definition) is 11. The monoisotopic (exact) mass is 621 g/mol. The van der Waals surface area contributed by atoms with E-state index in [1.807, 2.05) is 0 Å². The molecule has 11 nitrogen and oxygen atoms in total. The van der Waals surface area contributed by atoms with Gasteiger partial charge in [-0.25, -0.2) is 0 Å². The number of nitrogens with one attached hydrogen (secondary N) is 1. The molecule has 2 aliphatic carbocycles. The molecular weight excluding hydrogens is 582 g/mol. The number of carbonyl (C=O) groups is 2. The number of methoxy groups -OCH3 is 1. The normalized spacial score (nSPS) is 28.8. The molecule has 236 valence electrons. The molecule has 2 aromatic carbocycles. The highest BCUT2D eigenvalue weighted by Gasteiger charge is 2.49. The molecule has 1 aliphatic heterocycles. The summed E-state index contributed by atoms with van der Waals surface area (Å²) in [6.07, 6.45) is -3.07. The van der Waals surface area contributed by atoms with Crippen LogP contribution in [-0.4, -0.2) is 87.0 Å². The van der Waals surface area contributed by atoms with E-state index in [4.69, 9.17) is 14.2 Å². The fourth-order valence-electron chi connectivity index (χ4n) is 6.37. The van der Waals surface area contributed by atoms with Crippen molar-refractivity contribution in [1.29, 1.82) is 0 Å². The number of benzene rings is 2. The number of aliphatic hydroxyl groups is 3. The first-order valence-corrected chi connectivity index (χ1v) is 14.4. The highest BCUT2D eigenvalue weighted by molar-refractivity contribution is 6.31. The molecular formula is C31H40ClNO10. The van der Waals surface area contributed by atoms with Gasteiger partial charge in [-0.15, -0.1) is 12.4 Å². The summed E-state index contributed by atoms with van der Waals surface area (Å²) in [7, 11) is 1.36. The van der Waals surface area contributed by atoms with Crippen molar-refractivity contribution >= 4 is 24.0 Å². The first kappa shape index (κ1) is 33.1. The zero-order valence-corrected chi connectivity index (χ0v) is 25.4. The minimum absolute atomic E-state index is 0. The number of ether oxygens (including phenoxy) is 3. The van der Waals surface area contributed by atoms with Crippen LogP contribution >= 0.6 is 12.4 Å². The third kappa shape index (κ3) is 5.64. The summed E-state index contributed by atoms with van der Waals surface area (Å²) < 4.78 is 17.6. The molecule has 0 amide bonds. The second-order valence-corrected chi connectivity index (χ2v) is 11.6. The van der Waals surface area contributed by atoms with Gasteiger partial charge in [0.2, 0.25) is 5.78 Å². The lowest BCUT2D eigenvalue weighted by Gasteiger charge is -2.44. The Balaban J connectivity index is 0.00000423. The van der Waals surface area contributed by atoms with Crippen molar-refractivity contribution in [2.45, 2.75) is 95.2 Å². The van der Waals surface area contributed by atoms with E-state index in [1.165, 1.54) is 26.2 Å². The lowest BCUT2D eigenvalue weighted by Crippen LogP contribution is -2.54. The van der Waals surface area contributed by atoms with E-state index in [0.717, 1.165) is 12.8 Å². The molecule has 3 aliphatic rings. The molecule has 0 bridgehead atoms. The zero-order chi connectivity index (χ0) is 30.5. The van der Waals surface area contributed by atoms with Crippen LogP contribution in [0.4, 0.5) is 0 Å². The molecule has 6 N–H and O–H groups in total. The molecule has 0 saturated carbocycles. The third-order valence-electron chi connectivity index (χ3n) is 8.84. The van der Waals surface area contributed by atoms with Crippen molar-refractivity contribution in [1.82, 2.24) is 5.32 Å². The largest absolute Gasteiger partial charge is 0.507 e. The molecule has 43 heavy (non-hydrogen) atoms. The molecule has 1 fully saturated rings. The lowest BCUT2D eigenvalue weighted by atomic mass is 9.71. The van der Waals surface area contributed by atoms with Crippen LogP contribution < -0.4 is 10.1 Å². The van der Waals surface area contributed by atoms with Crippen LogP contribution in [0.15, 0.2) is 18.2 Å². The Kier molecular flexibility index (Phi) is 9.77. The van der Waals surface area contributed by atoms with Crippen LogP contribution in [0, 0.1) is 0 Å². The van der Waals surface area contributed by atoms with Gasteiger partial charge in [0.1, 0.15) is 17.2 Å². The number of aliphatic hydroxyl groups excluding tert-OH is 2. The second-order valence-electron chi connectivity index (χ2n) is 11.6. The van der Waals surface area contributed by atoms with Crippen molar-refractivity contribution in [2.24, 2.45) is 0 Å². The Hall–Kier alpha value is -2.77. The lowest BCUT2D eigenvalue weighted by molar-refractivity contribution is -0.253. The quantitative estimate of drug-likeness (QED) is 0.161. The van der Waals surface area contributed by atoms with Crippen LogP contribution in [0.25, 0.3) is 0 Å². The maximum atomic E-state index is 13.8. The van der Waals surface area contributed by atoms with Crippen LogP contribution in [0.2, 0.25) is 0 Å². The number of aromatic hydroxyl groups is 2. The summed E-state index contributed by atoms with van der Waals surface area (Å²) in [5.74, 6) is -2.35. The third-order valence-corrected chi connectivity index (χ3v) is 8.84. The van der Waals surface area contributed by atoms with Gasteiger partial charge < -0.3 is 45.1 Å². The smallest absolute Gasteiger partial charge is 0.202 e. The fourth-order valence-corrected chi connectivity index (χ4v) is 6.37. The molecule has 1 saturated heterocycles. The number of halogens is 1. The average Bonchev–Trinajstić information content (AvgIpc) is 2.95. The highest BCUT2D eigenvalue weighted by Crippen LogP contribution is 2.53. The van der Waals surface area contributed by atoms with E-state index in [1.54, 1.807) is 13.0 Å². The fraction of sp³-hybridized carbons (Fsp3) is 0.548. The first-order chi connectivity index (χ1) is 19.9. The van der Waals surface area contributed by atoms with Crippen molar-refractivity contribution in [3.63, 3.8) is 0 Å². The van der Waals surface area contributed by atoms with Gasteiger partial charge in [-0.05, 0) is 32.9 Å². The minimum Gasteiger partial charge on any atom is -0.507 e. The van der Waals surface area contributed by atoms with Crippen molar-refractivity contribution < 1.29 is 49.3 Å². The zero-order valence-electron chi connectivity index (χ0n) is 24.6. The molecule has 5 rings (SSSR count). The van der Waals surface area contributed by atoms with Gasteiger partial charge in [0.15, 0.2) is 12.1 Å². The van der Waals surface area contributed by atoms with E-state index < -0.39 is 59.4 Å². The number of phenolic OH excluding ortho intramolecular Hbond substituents is 2. The number of carbonyl (C=O) groups excluding carboxylic acids is 2. The van der Waals surface area contributed by atoms with Crippen molar-refractivity contribution in [3.05, 3.63) is 51.6 Å². The number of hydrogen-bond donors (Lipinski definition) is 6. The molecule has 7 unspecified atom stereocenters. The number of rotatable bonds is 8. The van der Waals surface area contributed by atoms with Gasteiger partial charge in [-0.3, -0.25) is 9.59 Å². The summed E-state index contributed by atoms with van der Waals surface area (Å²) in [6.45, 7) is 5.86. The van der Waals surface area contributed by atoms with E-state index in [0.29, 0.717) is 6.54 Å². The van der Waals surface area contributed by atoms with E-state index >= 15 is 0 Å². The summed E-state index contributed by atoms with van der Waals surface area (Å²) in [5, 5.41) is 59.2. The first-order valence-electron chi connectivity index (χ1n) is 14.4. The van der Waals surface area contributed by atoms with Crippen LogP contribution in [0.3, 0.4) is 0 Å². The maximum Gasteiger partial charge on any atom is 0.202 e. The van der Waals surface area contributed by atoms with E-state index in [-0.39, 0.29) is 76.8 Å².